The predicted molar refractivity (Wildman–Crippen MR) is 98.6 cm³/mol. The lowest BCUT2D eigenvalue weighted by Gasteiger charge is -2.15. The Bertz CT molecular complexity index is 701. The van der Waals surface area contributed by atoms with Crippen LogP contribution in [0.15, 0.2) is 30.3 Å². The summed E-state index contributed by atoms with van der Waals surface area (Å²) in [6, 6.07) is 9.07. The van der Waals surface area contributed by atoms with Crippen molar-refractivity contribution in [3.63, 3.8) is 0 Å². The molecule has 5 nitrogen and oxygen atoms in total. The number of carbonyl (C=O) groups excluding carboxylic acids is 2. The quantitative estimate of drug-likeness (QED) is 0.765. The molecule has 1 atom stereocenters. The molecule has 1 N–H and O–H groups in total. The second-order valence-corrected chi connectivity index (χ2v) is 7.11. The first-order valence-corrected chi connectivity index (χ1v) is 9.68. The predicted octanol–water partition coefficient (Wildman–Crippen LogP) is 3.14. The number of thioether (sulfide) groups is 1. The van der Waals surface area contributed by atoms with Gasteiger partial charge in [0.25, 0.3) is 5.91 Å². The number of amides is 1. The van der Waals surface area contributed by atoms with Crippen LogP contribution in [0.5, 0.6) is 0 Å². The molecule has 24 heavy (non-hydrogen) atoms. The van der Waals surface area contributed by atoms with Gasteiger partial charge in [0, 0.05) is 5.56 Å². The molecule has 0 bridgehead atoms. The number of hydrogen-bond donors (Lipinski definition) is 1. The first-order valence-electron chi connectivity index (χ1n) is 7.47. The summed E-state index contributed by atoms with van der Waals surface area (Å²) in [6.07, 6.45) is 2.48. The molecule has 0 unspecified atom stereocenters. The number of aryl methyl sites for hydroxylation is 1. The van der Waals surface area contributed by atoms with Gasteiger partial charge in [-0.3, -0.25) is 4.79 Å². The number of nitrogens with zero attached hydrogens (tertiary/aromatic N) is 1. The van der Waals surface area contributed by atoms with Crippen molar-refractivity contribution in [3.8, 4) is 10.6 Å². The fraction of sp³-hybridized carbons (Fsp3) is 0.353. The Morgan fingerprint density at radius 1 is 1.33 bits per heavy atom. The van der Waals surface area contributed by atoms with E-state index in [1.165, 1.54) is 18.4 Å². The molecule has 2 aromatic rings. The van der Waals surface area contributed by atoms with Crippen LogP contribution in [0.2, 0.25) is 0 Å². The Morgan fingerprint density at radius 2 is 2.04 bits per heavy atom. The van der Waals surface area contributed by atoms with Crippen molar-refractivity contribution in [2.24, 2.45) is 0 Å². The van der Waals surface area contributed by atoms with Crippen LogP contribution in [0.1, 0.15) is 21.8 Å². The number of thiazole rings is 1. The van der Waals surface area contributed by atoms with Crippen molar-refractivity contribution in [2.45, 2.75) is 19.4 Å². The van der Waals surface area contributed by atoms with Crippen LogP contribution in [0.3, 0.4) is 0 Å². The lowest BCUT2D eigenvalue weighted by molar-refractivity contribution is -0.142. The van der Waals surface area contributed by atoms with Crippen LogP contribution in [-0.4, -0.2) is 42.0 Å². The van der Waals surface area contributed by atoms with Gasteiger partial charge in [-0.2, -0.15) is 11.8 Å². The Balaban J connectivity index is 2.17. The molecule has 1 aromatic carbocycles. The van der Waals surface area contributed by atoms with E-state index in [1.54, 1.807) is 18.7 Å². The minimum Gasteiger partial charge on any atom is -0.467 e. The zero-order valence-electron chi connectivity index (χ0n) is 13.9. The molecule has 0 fully saturated rings. The van der Waals surface area contributed by atoms with Crippen LogP contribution in [0.25, 0.3) is 10.6 Å². The highest BCUT2D eigenvalue weighted by Gasteiger charge is 2.24. The summed E-state index contributed by atoms with van der Waals surface area (Å²) in [5, 5.41) is 3.56. The molecule has 0 saturated heterocycles. The van der Waals surface area contributed by atoms with Crippen molar-refractivity contribution < 1.29 is 14.3 Å². The topological polar surface area (TPSA) is 68.3 Å². The van der Waals surface area contributed by atoms with Gasteiger partial charge in [-0.25, -0.2) is 9.78 Å². The summed E-state index contributed by atoms with van der Waals surface area (Å²) in [4.78, 5) is 29.4. The molecule has 7 heteroatoms. The number of hydrogen-bond acceptors (Lipinski definition) is 6. The third-order valence-corrected chi connectivity index (χ3v) is 5.27. The van der Waals surface area contributed by atoms with E-state index in [1.807, 2.05) is 36.6 Å². The minimum absolute atomic E-state index is 0.288. The van der Waals surface area contributed by atoms with Gasteiger partial charge in [-0.15, -0.1) is 11.3 Å². The maximum Gasteiger partial charge on any atom is 0.328 e. The lowest BCUT2D eigenvalue weighted by Crippen LogP contribution is -2.41. The van der Waals surface area contributed by atoms with Crippen molar-refractivity contribution in [1.29, 1.82) is 0 Å². The number of esters is 1. The zero-order valence-corrected chi connectivity index (χ0v) is 15.5. The van der Waals surface area contributed by atoms with E-state index in [4.69, 9.17) is 4.74 Å². The Kier molecular flexibility index (Phi) is 6.81. The van der Waals surface area contributed by atoms with Crippen LogP contribution in [0.4, 0.5) is 0 Å². The molecule has 1 heterocycles. The number of methoxy groups -OCH3 is 1. The summed E-state index contributed by atoms with van der Waals surface area (Å²) < 4.78 is 4.78. The number of rotatable bonds is 7. The fourth-order valence-corrected chi connectivity index (χ4v) is 3.61. The third-order valence-electron chi connectivity index (χ3n) is 3.43. The molecule has 0 radical (unpaired) electrons. The summed E-state index contributed by atoms with van der Waals surface area (Å²) in [5.41, 5.74) is 1.63. The molecule has 1 amide bonds. The number of benzene rings is 1. The van der Waals surface area contributed by atoms with E-state index >= 15 is 0 Å². The highest BCUT2D eigenvalue weighted by Crippen LogP contribution is 2.27. The summed E-state index contributed by atoms with van der Waals surface area (Å²) >= 11 is 2.94. The third kappa shape index (κ3) is 4.58. The molecule has 0 spiro atoms. The van der Waals surface area contributed by atoms with Gasteiger partial charge < -0.3 is 10.1 Å². The van der Waals surface area contributed by atoms with Gasteiger partial charge in [-0.05, 0) is 25.4 Å². The molecule has 0 aliphatic rings. The van der Waals surface area contributed by atoms with E-state index in [0.29, 0.717) is 17.0 Å². The highest BCUT2D eigenvalue weighted by molar-refractivity contribution is 7.98. The number of aromatic nitrogens is 1. The van der Waals surface area contributed by atoms with Gasteiger partial charge in [0.1, 0.15) is 15.9 Å². The summed E-state index contributed by atoms with van der Waals surface area (Å²) in [7, 11) is 1.33. The van der Waals surface area contributed by atoms with E-state index in [2.05, 4.69) is 10.3 Å². The van der Waals surface area contributed by atoms with Crippen LogP contribution < -0.4 is 5.32 Å². The lowest BCUT2D eigenvalue weighted by atomic mass is 10.2. The Morgan fingerprint density at radius 3 is 2.67 bits per heavy atom. The molecule has 1 aromatic heterocycles. The molecule has 128 valence electrons. The van der Waals surface area contributed by atoms with E-state index in [-0.39, 0.29) is 5.91 Å². The van der Waals surface area contributed by atoms with E-state index in [0.717, 1.165) is 16.3 Å². The van der Waals surface area contributed by atoms with Crippen LogP contribution in [0, 0.1) is 6.92 Å². The zero-order chi connectivity index (χ0) is 17.5. The Labute approximate surface area is 149 Å². The van der Waals surface area contributed by atoms with E-state index in [9.17, 15) is 9.59 Å². The smallest absolute Gasteiger partial charge is 0.328 e. The average molecular weight is 364 g/mol. The van der Waals surface area contributed by atoms with Gasteiger partial charge in [0.05, 0.1) is 12.8 Å². The van der Waals surface area contributed by atoms with Crippen molar-refractivity contribution in [2.75, 3.05) is 19.1 Å². The average Bonchev–Trinajstić information content (AvgIpc) is 3.00. The number of nitrogens with one attached hydrogen (secondary N) is 1. The maximum absolute atomic E-state index is 12.5. The van der Waals surface area contributed by atoms with Gasteiger partial charge in [0.2, 0.25) is 0 Å². The minimum atomic E-state index is -0.642. The molecule has 2 rings (SSSR count). The van der Waals surface area contributed by atoms with Crippen LogP contribution >= 0.6 is 23.1 Å². The molecular weight excluding hydrogens is 344 g/mol. The highest BCUT2D eigenvalue weighted by atomic mass is 32.2. The summed E-state index contributed by atoms with van der Waals surface area (Å²) in [5.74, 6) is 0.0447. The molecular formula is C17H20N2O3S2. The first-order chi connectivity index (χ1) is 11.6. The van der Waals surface area contributed by atoms with E-state index < -0.39 is 12.0 Å². The molecule has 0 saturated carbocycles. The summed E-state index contributed by atoms with van der Waals surface area (Å²) in [6.45, 7) is 1.80. The monoisotopic (exact) mass is 364 g/mol. The fourth-order valence-electron chi connectivity index (χ4n) is 2.16. The van der Waals surface area contributed by atoms with Crippen LogP contribution in [-0.2, 0) is 9.53 Å². The van der Waals surface area contributed by atoms with Gasteiger partial charge in [-0.1, -0.05) is 30.3 Å². The maximum atomic E-state index is 12.5. The molecule has 0 aliphatic heterocycles. The second-order valence-electron chi connectivity index (χ2n) is 5.13. The standard InChI is InChI=1S/C17H20N2O3S2/c1-11-14(24-16(18-11)12-7-5-4-6-8-12)15(20)19-13(9-10-23-3)17(21)22-2/h4-8,13H,9-10H2,1-3H3,(H,19,20)/t13-/m0/s1. The van der Waals surface area contributed by atoms with Gasteiger partial charge in [0.15, 0.2) is 0 Å². The largest absolute Gasteiger partial charge is 0.467 e. The van der Waals surface area contributed by atoms with Gasteiger partial charge >= 0.3 is 5.97 Å². The molecule has 0 aliphatic carbocycles. The van der Waals surface area contributed by atoms with Crippen molar-refractivity contribution in [3.05, 3.63) is 40.9 Å². The second kappa shape index (κ2) is 8.84. The number of carbonyl (C=O) groups is 2. The Hall–Kier alpha value is -1.86. The first kappa shape index (κ1) is 18.5. The number of ether oxygens (including phenoxy) is 1. The SMILES string of the molecule is COC(=O)[C@H](CCSC)NC(=O)c1sc(-c2ccccc2)nc1C. The van der Waals surface area contributed by atoms with Crippen molar-refractivity contribution >= 4 is 35.0 Å². The van der Waals surface area contributed by atoms with Crippen molar-refractivity contribution in [1.82, 2.24) is 10.3 Å². The normalized spacial score (nSPS) is 11.8.